The molecule has 1 rings (SSSR count). The molecule has 0 fully saturated rings. The van der Waals surface area contributed by atoms with Gasteiger partial charge in [-0.05, 0) is 11.1 Å². The summed E-state index contributed by atoms with van der Waals surface area (Å²) < 4.78 is 33.6. The van der Waals surface area contributed by atoms with Gasteiger partial charge in [-0.2, -0.15) is 0 Å². The third-order valence-corrected chi connectivity index (χ3v) is 4.83. The second-order valence-electron chi connectivity index (χ2n) is 3.89. The summed E-state index contributed by atoms with van der Waals surface area (Å²) in [5.74, 6) is 0.505. The molecule has 0 spiro atoms. The summed E-state index contributed by atoms with van der Waals surface area (Å²) >= 11 is 0. The number of benzene rings is 1. The topological polar surface area (TPSA) is 77.2 Å². The SMILES string of the molecule is CS(=O)(=O)CCS(=O)Cc1ccccc1CN. The first-order valence-corrected chi connectivity index (χ1v) is 8.77. The van der Waals surface area contributed by atoms with Crippen LogP contribution >= 0.6 is 0 Å². The largest absolute Gasteiger partial charge is 0.326 e. The van der Waals surface area contributed by atoms with Gasteiger partial charge in [-0.1, -0.05) is 24.3 Å². The molecular weight excluding hydrogens is 258 g/mol. The fourth-order valence-corrected chi connectivity index (χ4v) is 4.11. The molecule has 2 N–H and O–H groups in total. The molecule has 1 atom stereocenters. The lowest BCUT2D eigenvalue weighted by Gasteiger charge is -2.07. The predicted molar refractivity (Wildman–Crippen MR) is 70.8 cm³/mol. The minimum atomic E-state index is -3.04. The van der Waals surface area contributed by atoms with Crippen LogP contribution in [0.1, 0.15) is 11.1 Å². The maximum absolute atomic E-state index is 11.7. The molecule has 0 aromatic heterocycles. The van der Waals surface area contributed by atoms with Gasteiger partial charge in [0, 0.05) is 35.1 Å². The van der Waals surface area contributed by atoms with E-state index in [4.69, 9.17) is 5.73 Å². The maximum atomic E-state index is 11.7. The van der Waals surface area contributed by atoms with Gasteiger partial charge in [0.25, 0.3) is 0 Å². The fraction of sp³-hybridized carbons (Fsp3) is 0.455. The van der Waals surface area contributed by atoms with Crippen molar-refractivity contribution >= 4 is 20.6 Å². The summed E-state index contributed by atoms with van der Waals surface area (Å²) in [5, 5.41) is 0. The maximum Gasteiger partial charge on any atom is 0.148 e. The van der Waals surface area contributed by atoms with Crippen molar-refractivity contribution in [2.75, 3.05) is 17.8 Å². The molecule has 0 bridgehead atoms. The molecule has 0 amide bonds. The van der Waals surface area contributed by atoms with E-state index < -0.39 is 20.6 Å². The van der Waals surface area contributed by atoms with Crippen LogP contribution in [0.25, 0.3) is 0 Å². The van der Waals surface area contributed by atoms with Crippen LogP contribution in [0.15, 0.2) is 24.3 Å². The number of rotatable bonds is 6. The third kappa shape index (κ3) is 5.43. The molecule has 0 saturated heterocycles. The Hall–Kier alpha value is -0.720. The molecule has 0 aliphatic carbocycles. The van der Waals surface area contributed by atoms with Crippen LogP contribution in [0.3, 0.4) is 0 Å². The van der Waals surface area contributed by atoms with Crippen molar-refractivity contribution in [3.8, 4) is 0 Å². The molecule has 96 valence electrons. The van der Waals surface area contributed by atoms with Crippen molar-refractivity contribution in [3.05, 3.63) is 35.4 Å². The van der Waals surface area contributed by atoms with Crippen LogP contribution in [0, 0.1) is 0 Å². The lowest BCUT2D eigenvalue weighted by atomic mass is 10.1. The van der Waals surface area contributed by atoms with E-state index in [1.807, 2.05) is 24.3 Å². The summed E-state index contributed by atoms with van der Waals surface area (Å²) in [7, 11) is -4.21. The van der Waals surface area contributed by atoms with E-state index in [1.54, 1.807) is 0 Å². The molecule has 0 saturated carbocycles. The zero-order valence-corrected chi connectivity index (χ0v) is 11.4. The predicted octanol–water partition coefficient (Wildman–Crippen LogP) is 0.439. The van der Waals surface area contributed by atoms with E-state index >= 15 is 0 Å². The molecule has 0 aliphatic rings. The minimum absolute atomic E-state index is 0.0373. The first kappa shape index (κ1) is 14.3. The Morgan fingerprint density at radius 2 is 1.82 bits per heavy atom. The van der Waals surface area contributed by atoms with Gasteiger partial charge in [0.05, 0.1) is 5.75 Å². The highest BCUT2D eigenvalue weighted by Gasteiger charge is 2.09. The molecule has 0 aliphatic heterocycles. The first-order valence-electron chi connectivity index (χ1n) is 5.22. The Bertz CT molecular complexity index is 497. The zero-order valence-electron chi connectivity index (χ0n) is 9.76. The van der Waals surface area contributed by atoms with Gasteiger partial charge in [-0.25, -0.2) is 8.42 Å². The van der Waals surface area contributed by atoms with Crippen LogP contribution in [0.4, 0.5) is 0 Å². The molecule has 6 heteroatoms. The number of hydrogen-bond donors (Lipinski definition) is 1. The molecule has 1 aromatic rings. The number of hydrogen-bond acceptors (Lipinski definition) is 4. The van der Waals surface area contributed by atoms with Gasteiger partial charge < -0.3 is 5.73 Å². The van der Waals surface area contributed by atoms with Crippen molar-refractivity contribution < 1.29 is 12.6 Å². The van der Waals surface area contributed by atoms with Crippen LogP contribution in [-0.2, 0) is 32.9 Å². The summed E-state index contributed by atoms with van der Waals surface area (Å²) in [6.07, 6.45) is 1.15. The van der Waals surface area contributed by atoms with Crippen LogP contribution in [0.5, 0.6) is 0 Å². The summed E-state index contributed by atoms with van der Waals surface area (Å²) in [6, 6.07) is 7.51. The van der Waals surface area contributed by atoms with Gasteiger partial charge in [-0.15, -0.1) is 0 Å². The summed E-state index contributed by atoms with van der Waals surface area (Å²) in [5.41, 5.74) is 7.47. The van der Waals surface area contributed by atoms with E-state index in [0.29, 0.717) is 12.3 Å². The van der Waals surface area contributed by atoms with Gasteiger partial charge in [-0.3, -0.25) is 4.21 Å². The highest BCUT2D eigenvalue weighted by molar-refractivity contribution is 7.92. The van der Waals surface area contributed by atoms with E-state index in [2.05, 4.69) is 0 Å². The van der Waals surface area contributed by atoms with Crippen LogP contribution in [-0.4, -0.2) is 30.4 Å². The molecular formula is C11H17NO3S2. The van der Waals surface area contributed by atoms with Crippen molar-refractivity contribution in [3.63, 3.8) is 0 Å². The van der Waals surface area contributed by atoms with E-state index in [0.717, 1.165) is 17.4 Å². The lowest BCUT2D eigenvalue weighted by Crippen LogP contribution is -2.13. The molecule has 1 unspecified atom stereocenters. The van der Waals surface area contributed by atoms with E-state index in [9.17, 15) is 12.6 Å². The first-order chi connectivity index (χ1) is 7.92. The Morgan fingerprint density at radius 1 is 1.24 bits per heavy atom. The van der Waals surface area contributed by atoms with Crippen molar-refractivity contribution in [2.45, 2.75) is 12.3 Å². The molecule has 4 nitrogen and oxygen atoms in total. The standard InChI is InChI=1S/C11H17NO3S2/c1-17(14,15)7-6-16(13)9-11-5-3-2-4-10(11)8-12/h2-5H,6-9,12H2,1H3. The monoisotopic (exact) mass is 275 g/mol. The zero-order chi connectivity index (χ0) is 12.9. The summed E-state index contributed by atoms with van der Waals surface area (Å²) in [6.45, 7) is 0.402. The highest BCUT2D eigenvalue weighted by atomic mass is 32.2. The minimum Gasteiger partial charge on any atom is -0.326 e. The summed E-state index contributed by atoms with van der Waals surface area (Å²) in [4.78, 5) is 0. The van der Waals surface area contributed by atoms with Gasteiger partial charge in [0.15, 0.2) is 0 Å². The van der Waals surface area contributed by atoms with Crippen molar-refractivity contribution in [1.82, 2.24) is 0 Å². The van der Waals surface area contributed by atoms with E-state index in [1.165, 1.54) is 0 Å². The second kappa shape index (κ2) is 6.28. The smallest absolute Gasteiger partial charge is 0.148 e. The quantitative estimate of drug-likeness (QED) is 0.817. The van der Waals surface area contributed by atoms with Gasteiger partial charge in [0.2, 0.25) is 0 Å². The van der Waals surface area contributed by atoms with Gasteiger partial charge in [0.1, 0.15) is 9.84 Å². The average Bonchev–Trinajstić information content (AvgIpc) is 2.26. The third-order valence-electron chi connectivity index (χ3n) is 2.34. The second-order valence-corrected chi connectivity index (χ2v) is 7.73. The van der Waals surface area contributed by atoms with Gasteiger partial charge >= 0.3 is 0 Å². The Balaban J connectivity index is 2.62. The van der Waals surface area contributed by atoms with E-state index in [-0.39, 0.29) is 11.5 Å². The average molecular weight is 275 g/mol. The Morgan fingerprint density at radius 3 is 2.35 bits per heavy atom. The highest BCUT2D eigenvalue weighted by Crippen LogP contribution is 2.10. The molecule has 17 heavy (non-hydrogen) atoms. The normalized spacial score (nSPS) is 13.5. The molecule has 0 radical (unpaired) electrons. The Kier molecular flexibility index (Phi) is 5.30. The number of sulfone groups is 1. The van der Waals surface area contributed by atoms with Crippen LogP contribution < -0.4 is 5.73 Å². The van der Waals surface area contributed by atoms with Crippen LogP contribution in [0.2, 0.25) is 0 Å². The van der Waals surface area contributed by atoms with Crippen molar-refractivity contribution in [2.24, 2.45) is 5.73 Å². The fourth-order valence-electron chi connectivity index (χ4n) is 1.39. The molecule has 0 heterocycles. The lowest BCUT2D eigenvalue weighted by molar-refractivity contribution is 0.602. The van der Waals surface area contributed by atoms with Crippen molar-refractivity contribution in [1.29, 1.82) is 0 Å². The Labute approximate surface area is 105 Å². The molecule has 1 aromatic carbocycles. The number of nitrogens with two attached hydrogens (primary N) is 1.